The fraction of sp³-hybridized carbons (Fsp3) is 0.778. The number of aliphatic carboxylic acids is 2. The topological polar surface area (TPSA) is 133 Å². The van der Waals surface area contributed by atoms with Crippen LogP contribution in [0.15, 0.2) is 0 Å². The van der Waals surface area contributed by atoms with Gasteiger partial charge in [0.1, 0.15) is 12.1 Å². The molecule has 4 N–H and O–H groups in total. The van der Waals surface area contributed by atoms with E-state index in [1.165, 1.54) is 19.1 Å². The molecule has 1 heterocycles. The number of carbonyl (C=O) groups excluding carboxylic acids is 2. The van der Waals surface area contributed by atoms with E-state index in [1.807, 2.05) is 35.4 Å². The van der Waals surface area contributed by atoms with Gasteiger partial charge in [0.2, 0.25) is 11.8 Å². The second-order valence-corrected chi connectivity index (χ2v) is 8.98. The number of carbonyl (C=O) groups is 4. The third-order valence-corrected chi connectivity index (χ3v) is 6.95. The second-order valence-electron chi connectivity index (χ2n) is 6.20. The molecule has 1 rings (SSSR count). The van der Waals surface area contributed by atoms with Gasteiger partial charge in [-0.25, -0.2) is 4.79 Å². The van der Waals surface area contributed by atoms with Gasteiger partial charge in [-0.1, -0.05) is 41.9 Å². The standard InChI is InChI=1S/C16H26N2O6S2.C2H6/c1-10(15(22)18-12(16(23)24)6-7-14(20)21)17-13(19)5-3-2-4-11-8-9-25-26-11;1-2/h10-12H,2-9H2,1H3,(H,17,19)(H,18,22)(H,20,21)(H,23,24);1-2H3. The Morgan fingerprint density at radius 1 is 1.07 bits per heavy atom. The molecule has 10 heteroatoms. The van der Waals surface area contributed by atoms with E-state index in [1.54, 1.807) is 0 Å². The number of carboxylic acid groups (broad SMARTS) is 2. The highest BCUT2D eigenvalue weighted by molar-refractivity contribution is 8.77. The molecule has 0 aromatic heterocycles. The second kappa shape index (κ2) is 15.5. The Balaban J connectivity index is 0.00000352. The Morgan fingerprint density at radius 3 is 2.29 bits per heavy atom. The van der Waals surface area contributed by atoms with Gasteiger partial charge in [0, 0.05) is 23.8 Å². The summed E-state index contributed by atoms with van der Waals surface area (Å²) in [7, 11) is 3.80. The molecular formula is C18H32N2O6S2. The highest BCUT2D eigenvalue weighted by Crippen LogP contribution is 2.39. The van der Waals surface area contributed by atoms with Crippen LogP contribution in [0.2, 0.25) is 0 Å². The van der Waals surface area contributed by atoms with Crippen LogP contribution >= 0.6 is 21.6 Å². The summed E-state index contributed by atoms with van der Waals surface area (Å²) in [6, 6.07) is -2.17. The number of hydrogen-bond donors (Lipinski definition) is 4. The summed E-state index contributed by atoms with van der Waals surface area (Å²) >= 11 is 0. The van der Waals surface area contributed by atoms with Crippen LogP contribution in [0.25, 0.3) is 0 Å². The molecule has 0 bridgehead atoms. The first-order chi connectivity index (χ1) is 13.3. The van der Waals surface area contributed by atoms with Crippen molar-refractivity contribution in [1.29, 1.82) is 0 Å². The van der Waals surface area contributed by atoms with Crippen LogP contribution in [0.1, 0.15) is 65.7 Å². The minimum Gasteiger partial charge on any atom is -0.481 e. The zero-order chi connectivity index (χ0) is 21.5. The Hall–Kier alpha value is -1.42. The van der Waals surface area contributed by atoms with Crippen LogP contribution < -0.4 is 10.6 Å². The quantitative estimate of drug-likeness (QED) is 0.271. The fourth-order valence-corrected chi connectivity index (χ4v) is 5.45. The number of rotatable bonds is 12. The van der Waals surface area contributed by atoms with E-state index >= 15 is 0 Å². The van der Waals surface area contributed by atoms with Crippen molar-refractivity contribution in [2.45, 2.75) is 83.1 Å². The van der Waals surface area contributed by atoms with Crippen molar-refractivity contribution >= 4 is 45.3 Å². The largest absolute Gasteiger partial charge is 0.481 e. The SMILES string of the molecule is CC.CC(NC(=O)CCCCC1CCSS1)C(=O)NC(CCC(=O)O)C(=O)O. The Bertz CT molecular complexity index is 512. The fourth-order valence-electron chi connectivity index (χ4n) is 2.42. The number of hydrogen-bond acceptors (Lipinski definition) is 6. The molecule has 1 saturated heterocycles. The van der Waals surface area contributed by atoms with E-state index < -0.39 is 29.9 Å². The molecular weight excluding hydrogens is 404 g/mol. The first-order valence-electron chi connectivity index (χ1n) is 9.62. The zero-order valence-electron chi connectivity index (χ0n) is 16.7. The lowest BCUT2D eigenvalue weighted by molar-refractivity contribution is -0.143. The van der Waals surface area contributed by atoms with E-state index in [-0.39, 0.29) is 18.7 Å². The lowest BCUT2D eigenvalue weighted by Gasteiger charge is -2.18. The maximum Gasteiger partial charge on any atom is 0.326 e. The van der Waals surface area contributed by atoms with E-state index in [0.29, 0.717) is 11.7 Å². The molecule has 3 atom stereocenters. The lowest BCUT2D eigenvalue weighted by atomic mass is 10.1. The van der Waals surface area contributed by atoms with Gasteiger partial charge in [-0.2, -0.15) is 0 Å². The van der Waals surface area contributed by atoms with E-state index in [4.69, 9.17) is 10.2 Å². The maximum atomic E-state index is 12.0. The summed E-state index contributed by atoms with van der Waals surface area (Å²) in [5, 5.41) is 23.1. The van der Waals surface area contributed by atoms with Gasteiger partial charge in [0.25, 0.3) is 0 Å². The van der Waals surface area contributed by atoms with Gasteiger partial charge in [0.15, 0.2) is 0 Å². The molecule has 2 amide bonds. The predicted molar refractivity (Wildman–Crippen MR) is 112 cm³/mol. The first kappa shape index (κ1) is 26.6. The molecule has 1 aliphatic rings. The van der Waals surface area contributed by atoms with Crippen molar-refractivity contribution in [1.82, 2.24) is 10.6 Å². The van der Waals surface area contributed by atoms with Gasteiger partial charge in [0.05, 0.1) is 0 Å². The Kier molecular flexibility index (Phi) is 14.7. The molecule has 0 aliphatic carbocycles. The summed E-state index contributed by atoms with van der Waals surface area (Å²) in [5.74, 6) is -2.15. The third kappa shape index (κ3) is 12.1. The van der Waals surface area contributed by atoms with Crippen molar-refractivity contribution in [2.24, 2.45) is 0 Å². The van der Waals surface area contributed by atoms with Gasteiger partial charge >= 0.3 is 11.9 Å². The Morgan fingerprint density at radius 2 is 1.75 bits per heavy atom. The predicted octanol–water partition coefficient (Wildman–Crippen LogP) is 2.67. The minimum atomic E-state index is -1.30. The van der Waals surface area contributed by atoms with E-state index in [0.717, 1.165) is 19.3 Å². The van der Waals surface area contributed by atoms with Crippen LogP contribution in [0.5, 0.6) is 0 Å². The molecule has 0 aromatic carbocycles. The van der Waals surface area contributed by atoms with Crippen LogP contribution in [-0.4, -0.2) is 57.1 Å². The summed E-state index contributed by atoms with van der Waals surface area (Å²) in [6.07, 6.45) is 3.75. The number of amides is 2. The molecule has 0 radical (unpaired) electrons. The summed E-state index contributed by atoms with van der Waals surface area (Å²) in [6.45, 7) is 5.47. The van der Waals surface area contributed by atoms with Crippen LogP contribution in [0.4, 0.5) is 0 Å². The smallest absolute Gasteiger partial charge is 0.326 e. The average Bonchev–Trinajstić information content (AvgIpc) is 3.16. The Labute approximate surface area is 174 Å². The average molecular weight is 437 g/mol. The van der Waals surface area contributed by atoms with Gasteiger partial charge < -0.3 is 20.8 Å². The summed E-state index contributed by atoms with van der Waals surface area (Å²) in [4.78, 5) is 45.5. The molecule has 162 valence electrons. The first-order valence-corrected chi connectivity index (χ1v) is 12.0. The highest BCUT2D eigenvalue weighted by atomic mass is 33.1. The minimum absolute atomic E-state index is 0.214. The normalized spacial score (nSPS) is 17.6. The van der Waals surface area contributed by atoms with Crippen LogP contribution in [0.3, 0.4) is 0 Å². The highest BCUT2D eigenvalue weighted by Gasteiger charge is 2.24. The van der Waals surface area contributed by atoms with Crippen molar-refractivity contribution in [2.75, 3.05) is 5.75 Å². The number of nitrogens with one attached hydrogen (secondary N) is 2. The molecule has 8 nitrogen and oxygen atoms in total. The third-order valence-electron chi connectivity index (χ3n) is 3.94. The van der Waals surface area contributed by atoms with E-state index in [2.05, 4.69) is 10.6 Å². The van der Waals surface area contributed by atoms with Gasteiger partial charge in [-0.15, -0.1) is 0 Å². The zero-order valence-corrected chi connectivity index (χ0v) is 18.4. The maximum absolute atomic E-state index is 12.0. The van der Waals surface area contributed by atoms with Crippen molar-refractivity contribution < 1.29 is 29.4 Å². The van der Waals surface area contributed by atoms with Crippen molar-refractivity contribution in [3.8, 4) is 0 Å². The van der Waals surface area contributed by atoms with Crippen LogP contribution in [-0.2, 0) is 19.2 Å². The molecule has 0 spiro atoms. The van der Waals surface area contributed by atoms with Gasteiger partial charge in [-0.3, -0.25) is 14.4 Å². The van der Waals surface area contributed by atoms with Crippen molar-refractivity contribution in [3.05, 3.63) is 0 Å². The van der Waals surface area contributed by atoms with E-state index in [9.17, 15) is 19.2 Å². The number of unbranched alkanes of at least 4 members (excludes halogenated alkanes) is 1. The molecule has 28 heavy (non-hydrogen) atoms. The molecule has 3 unspecified atom stereocenters. The molecule has 1 aliphatic heterocycles. The monoisotopic (exact) mass is 436 g/mol. The van der Waals surface area contributed by atoms with Crippen molar-refractivity contribution in [3.63, 3.8) is 0 Å². The molecule has 0 aromatic rings. The lowest BCUT2D eigenvalue weighted by Crippen LogP contribution is -2.50. The molecule has 1 fully saturated rings. The molecule has 0 saturated carbocycles. The summed E-state index contributed by atoms with van der Waals surface area (Å²) in [5.41, 5.74) is 0. The number of carboxylic acids is 2. The summed E-state index contributed by atoms with van der Waals surface area (Å²) < 4.78 is 0. The van der Waals surface area contributed by atoms with Gasteiger partial charge in [-0.05, 0) is 32.6 Å². The van der Waals surface area contributed by atoms with Crippen LogP contribution in [0, 0.1) is 0 Å².